The number of nitrogens with one attached hydrogen (secondary N) is 2. The highest BCUT2D eigenvalue weighted by molar-refractivity contribution is 6.20. The van der Waals surface area contributed by atoms with Crippen molar-refractivity contribution in [3.8, 4) is 5.75 Å². The molecule has 172 valence electrons. The monoisotopic (exact) mass is 475 g/mol. The van der Waals surface area contributed by atoms with Crippen molar-refractivity contribution >= 4 is 28.8 Å². The van der Waals surface area contributed by atoms with Crippen LogP contribution in [0.15, 0.2) is 42.6 Å². The molecule has 8 nitrogen and oxygen atoms in total. The van der Waals surface area contributed by atoms with Crippen LogP contribution in [0.2, 0.25) is 0 Å². The first kappa shape index (κ1) is 21.6. The van der Waals surface area contributed by atoms with Crippen LogP contribution in [0.5, 0.6) is 5.75 Å². The number of aromatic nitrogens is 4. The molecule has 1 aliphatic carbocycles. The SMILES string of the molecule is O=C(Nc1ccc(OC(F)(F)Cl)cc1)C1C=C(c2ccn[nH]2)c2c(nc3n2CCC[C@H]3O)C1. The molecule has 2 atom stereocenters. The summed E-state index contributed by atoms with van der Waals surface area (Å²) in [5.41, 5.74) is -0.204. The van der Waals surface area contributed by atoms with Crippen molar-refractivity contribution in [2.75, 3.05) is 5.32 Å². The Morgan fingerprint density at radius 1 is 1.30 bits per heavy atom. The van der Waals surface area contributed by atoms with Gasteiger partial charge in [-0.1, -0.05) is 6.08 Å². The first-order valence-corrected chi connectivity index (χ1v) is 10.8. The first-order chi connectivity index (χ1) is 15.8. The van der Waals surface area contributed by atoms with Crippen LogP contribution < -0.4 is 10.1 Å². The Morgan fingerprint density at radius 3 is 2.79 bits per heavy atom. The number of amides is 1. The molecule has 1 amide bonds. The van der Waals surface area contributed by atoms with Crippen LogP contribution in [0.1, 0.15) is 41.9 Å². The number of carbonyl (C=O) groups is 1. The number of fused-ring (bicyclic) bond motifs is 3. The molecule has 3 heterocycles. The summed E-state index contributed by atoms with van der Waals surface area (Å²) in [6, 6.07) is 7.31. The fraction of sp³-hybridized carbons (Fsp3) is 0.318. The maximum atomic E-state index is 13.1. The van der Waals surface area contributed by atoms with E-state index in [2.05, 4.69) is 25.2 Å². The van der Waals surface area contributed by atoms with Gasteiger partial charge in [-0.2, -0.15) is 5.10 Å². The van der Waals surface area contributed by atoms with E-state index in [1.807, 2.05) is 16.7 Å². The van der Waals surface area contributed by atoms with Crippen LogP contribution in [0, 0.1) is 5.92 Å². The lowest BCUT2D eigenvalue weighted by molar-refractivity contribution is -0.118. The Morgan fingerprint density at radius 2 is 2.09 bits per heavy atom. The molecule has 0 fully saturated rings. The molecule has 0 spiro atoms. The smallest absolute Gasteiger partial charge is 0.420 e. The number of halogens is 3. The number of rotatable bonds is 5. The summed E-state index contributed by atoms with van der Waals surface area (Å²) in [7, 11) is 0. The van der Waals surface area contributed by atoms with E-state index < -0.39 is 17.6 Å². The average molecular weight is 476 g/mol. The molecule has 3 aromatic rings. The number of H-pyrrole nitrogens is 1. The second-order valence-electron chi connectivity index (χ2n) is 8.00. The van der Waals surface area contributed by atoms with Crippen LogP contribution in [0.25, 0.3) is 5.57 Å². The molecular weight excluding hydrogens is 456 g/mol. The molecule has 11 heteroatoms. The van der Waals surface area contributed by atoms with Crippen molar-refractivity contribution in [1.29, 1.82) is 0 Å². The number of imidazole rings is 1. The topological polar surface area (TPSA) is 105 Å². The van der Waals surface area contributed by atoms with Crippen molar-refractivity contribution in [2.24, 2.45) is 5.92 Å². The van der Waals surface area contributed by atoms with E-state index >= 15 is 0 Å². The lowest BCUT2D eigenvalue weighted by Crippen LogP contribution is -2.26. The standard InChI is InChI=1S/C22H20ClF2N5O3/c23-22(24,25)33-14-5-3-13(4-6-14)27-21(32)12-10-15(16-7-8-26-29-16)19-17(11-12)28-20-18(31)2-1-9-30(19)20/h3-8,10,12,18,31H,1-2,9,11H2,(H,26,29)(H,27,32)/t12?,18-/m1/s1. The number of aromatic amines is 1. The van der Waals surface area contributed by atoms with Crippen LogP contribution >= 0.6 is 11.6 Å². The van der Waals surface area contributed by atoms with Gasteiger partial charge >= 0.3 is 5.57 Å². The molecular formula is C22H20ClF2N5O3. The molecule has 1 aromatic carbocycles. The van der Waals surface area contributed by atoms with Crippen molar-refractivity contribution < 1.29 is 23.4 Å². The highest BCUT2D eigenvalue weighted by Crippen LogP contribution is 2.38. The minimum atomic E-state index is -3.81. The predicted molar refractivity (Wildman–Crippen MR) is 116 cm³/mol. The zero-order valence-electron chi connectivity index (χ0n) is 17.3. The second-order valence-corrected chi connectivity index (χ2v) is 8.44. The number of alkyl halides is 3. The summed E-state index contributed by atoms with van der Waals surface area (Å²) in [6.07, 6.45) is 4.72. The van der Waals surface area contributed by atoms with Crippen LogP contribution in [0.3, 0.4) is 0 Å². The molecule has 2 aromatic heterocycles. The van der Waals surface area contributed by atoms with Gasteiger partial charge in [-0.05, 0) is 43.2 Å². The lowest BCUT2D eigenvalue weighted by atomic mass is 9.88. The fourth-order valence-corrected chi connectivity index (χ4v) is 4.42. The van der Waals surface area contributed by atoms with Gasteiger partial charge in [0.05, 0.1) is 23.0 Å². The largest absolute Gasteiger partial charge is 0.487 e. The number of aliphatic hydroxyl groups excluding tert-OH is 1. The number of aliphatic hydroxyl groups is 1. The average Bonchev–Trinajstić information content (AvgIpc) is 3.42. The Kier molecular flexibility index (Phi) is 5.41. The summed E-state index contributed by atoms with van der Waals surface area (Å²) in [4.78, 5) is 17.8. The number of ether oxygens (including phenoxy) is 1. The van der Waals surface area contributed by atoms with Gasteiger partial charge in [0.1, 0.15) is 17.7 Å². The molecule has 0 saturated heterocycles. The molecule has 0 radical (unpaired) electrons. The van der Waals surface area contributed by atoms with E-state index in [0.29, 0.717) is 24.4 Å². The zero-order valence-corrected chi connectivity index (χ0v) is 18.0. The van der Waals surface area contributed by atoms with Crippen molar-refractivity contribution in [3.63, 3.8) is 0 Å². The molecule has 1 unspecified atom stereocenters. The summed E-state index contributed by atoms with van der Waals surface area (Å²) >= 11 is 4.78. The third kappa shape index (κ3) is 4.36. The van der Waals surface area contributed by atoms with Crippen LogP contribution in [0.4, 0.5) is 14.5 Å². The van der Waals surface area contributed by atoms with Crippen molar-refractivity contribution in [3.05, 3.63) is 65.5 Å². The molecule has 3 N–H and O–H groups in total. The third-order valence-corrected chi connectivity index (χ3v) is 5.82. The van der Waals surface area contributed by atoms with Gasteiger partial charge in [-0.3, -0.25) is 9.89 Å². The minimum absolute atomic E-state index is 0.126. The quantitative estimate of drug-likeness (QED) is 0.486. The Labute approximate surface area is 192 Å². The summed E-state index contributed by atoms with van der Waals surface area (Å²) < 4.78 is 31.9. The normalized spacial score (nSPS) is 19.9. The van der Waals surface area contributed by atoms with Gasteiger partial charge in [-0.25, -0.2) is 4.98 Å². The van der Waals surface area contributed by atoms with E-state index in [-0.39, 0.29) is 11.7 Å². The number of anilines is 1. The molecule has 33 heavy (non-hydrogen) atoms. The maximum absolute atomic E-state index is 13.1. The fourth-order valence-electron chi connectivity index (χ4n) is 4.33. The third-order valence-electron chi connectivity index (χ3n) is 5.75. The van der Waals surface area contributed by atoms with Gasteiger partial charge in [0, 0.05) is 42.0 Å². The van der Waals surface area contributed by atoms with Gasteiger partial charge in [-0.15, -0.1) is 8.78 Å². The number of carbonyl (C=O) groups excluding carboxylic acids is 1. The summed E-state index contributed by atoms with van der Waals surface area (Å²) in [5, 5.41) is 20.2. The van der Waals surface area contributed by atoms with E-state index in [0.717, 1.165) is 35.6 Å². The van der Waals surface area contributed by atoms with Gasteiger partial charge in [0.2, 0.25) is 5.91 Å². The van der Waals surface area contributed by atoms with Crippen molar-refractivity contribution in [2.45, 2.75) is 37.5 Å². The molecule has 0 bridgehead atoms. The summed E-state index contributed by atoms with van der Waals surface area (Å²) in [6.45, 7) is 0.743. The second kappa shape index (κ2) is 8.27. The van der Waals surface area contributed by atoms with E-state index in [4.69, 9.17) is 11.6 Å². The molecule has 2 aliphatic rings. The van der Waals surface area contributed by atoms with Crippen LogP contribution in [-0.2, 0) is 17.8 Å². The number of nitrogens with zero attached hydrogens (tertiary/aromatic N) is 3. The maximum Gasteiger partial charge on any atom is 0.487 e. The highest BCUT2D eigenvalue weighted by atomic mass is 35.5. The zero-order chi connectivity index (χ0) is 23.2. The van der Waals surface area contributed by atoms with Crippen molar-refractivity contribution in [1.82, 2.24) is 19.7 Å². The van der Waals surface area contributed by atoms with E-state index in [1.54, 1.807) is 6.20 Å². The first-order valence-electron chi connectivity index (χ1n) is 10.4. The van der Waals surface area contributed by atoms with Gasteiger partial charge in [0.15, 0.2) is 0 Å². The highest BCUT2D eigenvalue weighted by Gasteiger charge is 2.34. The minimum Gasteiger partial charge on any atom is -0.420 e. The Balaban J connectivity index is 1.42. The number of hydrogen-bond acceptors (Lipinski definition) is 5. The Hall–Kier alpha value is -3.24. The van der Waals surface area contributed by atoms with Crippen LogP contribution in [-0.4, -0.2) is 36.3 Å². The number of benzene rings is 1. The predicted octanol–water partition coefficient (Wildman–Crippen LogP) is 3.84. The van der Waals surface area contributed by atoms with E-state index in [1.165, 1.54) is 24.3 Å². The summed E-state index contributed by atoms with van der Waals surface area (Å²) in [5.74, 6) is -0.322. The van der Waals surface area contributed by atoms with E-state index in [9.17, 15) is 18.7 Å². The molecule has 0 saturated carbocycles. The van der Waals surface area contributed by atoms with Gasteiger partial charge in [0.25, 0.3) is 0 Å². The Bertz CT molecular complexity index is 1200. The number of hydrogen-bond donors (Lipinski definition) is 3. The molecule has 5 rings (SSSR count). The lowest BCUT2D eigenvalue weighted by Gasteiger charge is -2.24. The van der Waals surface area contributed by atoms with Gasteiger partial charge < -0.3 is 19.7 Å². The molecule has 1 aliphatic heterocycles.